The van der Waals surface area contributed by atoms with Crippen molar-refractivity contribution in [2.45, 2.75) is 32.6 Å². The summed E-state index contributed by atoms with van der Waals surface area (Å²) >= 11 is 3.43. The second kappa shape index (κ2) is 5.35. The molecule has 2 bridgehead atoms. The summed E-state index contributed by atoms with van der Waals surface area (Å²) < 4.78 is 0.776. The van der Waals surface area contributed by atoms with E-state index < -0.39 is 0 Å². The number of nitro benzene ring substituents is 1. The highest BCUT2D eigenvalue weighted by Gasteiger charge is 2.39. The van der Waals surface area contributed by atoms with Crippen LogP contribution in [0.5, 0.6) is 0 Å². The van der Waals surface area contributed by atoms with Crippen molar-refractivity contribution in [2.75, 3.05) is 11.9 Å². The molecule has 3 atom stereocenters. The Labute approximate surface area is 127 Å². The summed E-state index contributed by atoms with van der Waals surface area (Å²) in [5.41, 5.74) is 1.84. The average Bonchev–Trinajstić information content (AvgIpc) is 3.01. The lowest BCUT2D eigenvalue weighted by molar-refractivity contribution is -0.385. The Bertz CT molecular complexity index is 547. The van der Waals surface area contributed by atoms with Gasteiger partial charge in [0, 0.05) is 28.3 Å². The summed E-state index contributed by atoms with van der Waals surface area (Å²) in [5.74, 6) is 2.62. The monoisotopic (exact) mass is 338 g/mol. The van der Waals surface area contributed by atoms with Crippen LogP contribution < -0.4 is 5.32 Å². The smallest absolute Gasteiger partial charge is 0.273 e. The highest BCUT2D eigenvalue weighted by Crippen LogP contribution is 2.48. The fraction of sp³-hybridized carbons (Fsp3) is 0.600. The van der Waals surface area contributed by atoms with Crippen molar-refractivity contribution >= 4 is 27.3 Å². The average molecular weight is 339 g/mol. The number of anilines is 1. The molecule has 2 aliphatic carbocycles. The molecule has 108 valence electrons. The van der Waals surface area contributed by atoms with Gasteiger partial charge in [-0.3, -0.25) is 10.1 Å². The van der Waals surface area contributed by atoms with E-state index in [2.05, 4.69) is 21.2 Å². The maximum atomic E-state index is 10.9. The number of nitrogens with zero attached hydrogens (tertiary/aromatic N) is 1. The zero-order valence-corrected chi connectivity index (χ0v) is 13.1. The second-order valence-electron chi connectivity index (χ2n) is 6.19. The van der Waals surface area contributed by atoms with Crippen LogP contribution in [-0.2, 0) is 0 Å². The Hall–Kier alpha value is -1.10. The fourth-order valence-corrected chi connectivity index (χ4v) is 4.34. The van der Waals surface area contributed by atoms with Gasteiger partial charge in [0.25, 0.3) is 5.69 Å². The molecule has 3 unspecified atom stereocenters. The van der Waals surface area contributed by atoms with E-state index in [9.17, 15) is 10.1 Å². The summed E-state index contributed by atoms with van der Waals surface area (Å²) in [6, 6.07) is 3.47. The highest BCUT2D eigenvalue weighted by atomic mass is 79.9. The summed E-state index contributed by atoms with van der Waals surface area (Å²) in [7, 11) is 0. The lowest BCUT2D eigenvalue weighted by atomic mass is 9.89. The van der Waals surface area contributed by atoms with Crippen LogP contribution in [0.4, 0.5) is 11.4 Å². The van der Waals surface area contributed by atoms with Gasteiger partial charge >= 0.3 is 0 Å². The third kappa shape index (κ3) is 2.55. The minimum absolute atomic E-state index is 0.169. The van der Waals surface area contributed by atoms with E-state index in [1.807, 2.05) is 6.07 Å². The number of fused-ring (bicyclic) bond motifs is 2. The molecule has 1 N–H and O–H groups in total. The molecule has 2 saturated carbocycles. The quantitative estimate of drug-likeness (QED) is 0.648. The number of hydrogen-bond acceptors (Lipinski definition) is 3. The van der Waals surface area contributed by atoms with Crippen molar-refractivity contribution in [3.8, 4) is 0 Å². The molecule has 0 aliphatic heterocycles. The molecular formula is C15H19BrN2O2. The zero-order valence-electron chi connectivity index (χ0n) is 11.6. The van der Waals surface area contributed by atoms with Crippen molar-refractivity contribution in [2.24, 2.45) is 17.8 Å². The van der Waals surface area contributed by atoms with Crippen molar-refractivity contribution < 1.29 is 4.92 Å². The molecule has 3 rings (SSSR count). The van der Waals surface area contributed by atoms with Crippen LogP contribution >= 0.6 is 15.9 Å². The molecular weight excluding hydrogens is 320 g/mol. The third-order valence-corrected chi connectivity index (χ3v) is 5.58. The van der Waals surface area contributed by atoms with Gasteiger partial charge in [-0.2, -0.15) is 0 Å². The van der Waals surface area contributed by atoms with Crippen LogP contribution in [0.2, 0.25) is 0 Å². The minimum atomic E-state index is -0.334. The Balaban J connectivity index is 1.68. The van der Waals surface area contributed by atoms with Crippen molar-refractivity contribution in [3.05, 3.63) is 32.3 Å². The van der Waals surface area contributed by atoms with E-state index in [0.717, 1.165) is 34.5 Å². The number of rotatable bonds is 4. The predicted octanol–water partition coefficient (Wildman–Crippen LogP) is 4.51. The Morgan fingerprint density at radius 3 is 2.80 bits per heavy atom. The van der Waals surface area contributed by atoms with Crippen LogP contribution in [0.1, 0.15) is 31.2 Å². The van der Waals surface area contributed by atoms with Crippen LogP contribution in [0.3, 0.4) is 0 Å². The van der Waals surface area contributed by atoms with Gasteiger partial charge in [0.2, 0.25) is 0 Å². The first kappa shape index (κ1) is 13.9. The summed E-state index contributed by atoms with van der Waals surface area (Å²) in [6.45, 7) is 2.77. The first-order chi connectivity index (χ1) is 9.54. The van der Waals surface area contributed by atoms with Gasteiger partial charge in [-0.05, 0) is 65.9 Å². The van der Waals surface area contributed by atoms with E-state index in [0.29, 0.717) is 5.56 Å². The summed E-state index contributed by atoms with van der Waals surface area (Å²) in [6.07, 6.45) is 5.56. The summed E-state index contributed by atoms with van der Waals surface area (Å²) in [5, 5.41) is 14.4. The molecule has 0 aromatic heterocycles. The number of hydrogen-bond donors (Lipinski definition) is 1. The topological polar surface area (TPSA) is 55.2 Å². The summed E-state index contributed by atoms with van der Waals surface area (Å²) in [4.78, 5) is 10.6. The zero-order chi connectivity index (χ0) is 14.3. The van der Waals surface area contributed by atoms with Gasteiger partial charge < -0.3 is 5.32 Å². The highest BCUT2D eigenvalue weighted by molar-refractivity contribution is 9.10. The van der Waals surface area contributed by atoms with E-state index in [1.165, 1.54) is 25.7 Å². The maximum Gasteiger partial charge on any atom is 0.273 e. The fourth-order valence-electron chi connectivity index (χ4n) is 3.87. The van der Waals surface area contributed by atoms with Gasteiger partial charge in [0.05, 0.1) is 4.92 Å². The number of nitrogens with one attached hydrogen (secondary N) is 1. The predicted molar refractivity (Wildman–Crippen MR) is 83.0 cm³/mol. The van der Waals surface area contributed by atoms with Crippen LogP contribution in [-0.4, -0.2) is 11.5 Å². The molecule has 0 spiro atoms. The largest absolute Gasteiger partial charge is 0.384 e. The maximum absolute atomic E-state index is 10.9. The Morgan fingerprint density at radius 2 is 2.20 bits per heavy atom. The van der Waals surface area contributed by atoms with Crippen molar-refractivity contribution in [3.63, 3.8) is 0 Å². The van der Waals surface area contributed by atoms with Gasteiger partial charge in [-0.1, -0.05) is 6.42 Å². The number of halogens is 1. The standard InChI is InChI=1S/C15H19BrN2O2/c1-9-4-14(13(16)7-15(9)18(19)20)17-8-12-6-10-2-3-11(12)5-10/h4,7,10-12,17H,2-3,5-6,8H2,1H3. The molecule has 1 aromatic carbocycles. The second-order valence-corrected chi connectivity index (χ2v) is 7.05. The lowest BCUT2D eigenvalue weighted by Crippen LogP contribution is -2.20. The van der Waals surface area contributed by atoms with Gasteiger partial charge in [0.1, 0.15) is 0 Å². The van der Waals surface area contributed by atoms with Crippen LogP contribution in [0, 0.1) is 34.8 Å². The molecule has 2 fully saturated rings. The van der Waals surface area contributed by atoms with Gasteiger partial charge in [-0.25, -0.2) is 0 Å². The van der Waals surface area contributed by atoms with Gasteiger partial charge in [0.15, 0.2) is 0 Å². The Kier molecular flexibility index (Phi) is 3.71. The molecule has 0 heterocycles. The molecule has 4 nitrogen and oxygen atoms in total. The number of benzene rings is 1. The molecule has 2 aliphatic rings. The van der Waals surface area contributed by atoms with Crippen LogP contribution in [0.25, 0.3) is 0 Å². The number of aryl methyl sites for hydroxylation is 1. The minimum Gasteiger partial charge on any atom is -0.384 e. The van der Waals surface area contributed by atoms with Crippen molar-refractivity contribution in [1.29, 1.82) is 0 Å². The third-order valence-electron chi connectivity index (χ3n) is 4.92. The normalized spacial score (nSPS) is 27.8. The first-order valence-corrected chi connectivity index (χ1v) is 8.02. The molecule has 0 radical (unpaired) electrons. The molecule has 5 heteroatoms. The molecule has 0 amide bonds. The SMILES string of the molecule is Cc1cc(NCC2CC3CCC2C3)c(Br)cc1[N+](=O)[O-]. The van der Waals surface area contributed by atoms with E-state index >= 15 is 0 Å². The molecule has 1 aromatic rings. The van der Waals surface area contributed by atoms with E-state index in [4.69, 9.17) is 0 Å². The number of nitro groups is 1. The van der Waals surface area contributed by atoms with E-state index in [-0.39, 0.29) is 10.6 Å². The van der Waals surface area contributed by atoms with Crippen molar-refractivity contribution in [1.82, 2.24) is 0 Å². The first-order valence-electron chi connectivity index (χ1n) is 7.23. The molecule has 20 heavy (non-hydrogen) atoms. The van der Waals surface area contributed by atoms with Crippen LogP contribution in [0.15, 0.2) is 16.6 Å². The lowest BCUT2D eigenvalue weighted by Gasteiger charge is -2.22. The molecule has 0 saturated heterocycles. The Morgan fingerprint density at radius 1 is 1.40 bits per heavy atom. The van der Waals surface area contributed by atoms with Gasteiger partial charge in [-0.15, -0.1) is 0 Å². The van der Waals surface area contributed by atoms with E-state index in [1.54, 1.807) is 13.0 Å².